The van der Waals surface area contributed by atoms with Crippen molar-refractivity contribution >= 4 is 39.7 Å². The first-order chi connectivity index (χ1) is 17.9. The number of nitrogens with zero attached hydrogens (tertiary/aromatic N) is 4. The third-order valence-corrected chi connectivity index (χ3v) is 7.03. The standard InChI is InChI=1S/C27H24N4O5S/c1-4-30-21-11-9-16(26(33)34)13-20(21)28-24(30)15-37-27-29-19-8-6-5-7-18(19)25(32)31(27)17-10-12-22(35-2)23(14-17)36-3/h5-14H,4,15H2,1-3H3,(H,33,34). The highest BCUT2D eigenvalue weighted by molar-refractivity contribution is 7.98. The van der Waals surface area contributed by atoms with Crippen LogP contribution >= 0.6 is 11.8 Å². The molecule has 5 aromatic rings. The van der Waals surface area contributed by atoms with E-state index in [0.717, 1.165) is 11.3 Å². The van der Waals surface area contributed by atoms with Crippen molar-refractivity contribution in [1.82, 2.24) is 19.1 Å². The van der Waals surface area contributed by atoms with Crippen molar-refractivity contribution in [2.75, 3.05) is 14.2 Å². The van der Waals surface area contributed by atoms with Crippen LogP contribution in [0.25, 0.3) is 27.6 Å². The third kappa shape index (κ3) is 4.40. The summed E-state index contributed by atoms with van der Waals surface area (Å²) in [7, 11) is 3.10. The van der Waals surface area contributed by atoms with Gasteiger partial charge in [0.15, 0.2) is 16.7 Å². The highest BCUT2D eigenvalue weighted by Gasteiger charge is 2.18. The monoisotopic (exact) mass is 516 g/mol. The highest BCUT2D eigenvalue weighted by Crippen LogP contribution is 2.32. The second-order valence-electron chi connectivity index (χ2n) is 8.16. The molecular weight excluding hydrogens is 492 g/mol. The maximum atomic E-state index is 13.6. The van der Waals surface area contributed by atoms with Crippen LogP contribution in [0.2, 0.25) is 0 Å². The Hall–Kier alpha value is -4.31. The summed E-state index contributed by atoms with van der Waals surface area (Å²) in [5, 5.41) is 10.4. The minimum absolute atomic E-state index is 0.186. The molecule has 188 valence electrons. The largest absolute Gasteiger partial charge is 0.493 e. The number of carboxylic acids is 1. The number of aromatic carboxylic acids is 1. The SMILES string of the molecule is CCn1c(CSc2nc3ccccc3c(=O)n2-c2ccc(OC)c(OC)c2)nc2cc(C(=O)O)ccc21. The zero-order valence-corrected chi connectivity index (χ0v) is 21.3. The molecule has 37 heavy (non-hydrogen) atoms. The molecule has 0 spiro atoms. The Morgan fingerprint density at radius 2 is 1.76 bits per heavy atom. The van der Waals surface area contributed by atoms with E-state index in [0.29, 0.717) is 51.1 Å². The lowest BCUT2D eigenvalue weighted by Crippen LogP contribution is -2.22. The third-order valence-electron chi connectivity index (χ3n) is 6.09. The van der Waals surface area contributed by atoms with Crippen molar-refractivity contribution in [3.05, 3.63) is 82.4 Å². The van der Waals surface area contributed by atoms with Crippen LogP contribution in [0.5, 0.6) is 11.5 Å². The van der Waals surface area contributed by atoms with Crippen LogP contribution in [-0.2, 0) is 12.3 Å². The molecular formula is C27H24N4O5S. The fraction of sp³-hybridized carbons (Fsp3) is 0.185. The summed E-state index contributed by atoms with van der Waals surface area (Å²) in [5.74, 6) is 1.23. The number of aryl methyl sites for hydroxylation is 1. The van der Waals surface area contributed by atoms with Gasteiger partial charge in [0.1, 0.15) is 5.82 Å². The van der Waals surface area contributed by atoms with Gasteiger partial charge in [-0.2, -0.15) is 0 Å². The molecule has 0 fully saturated rings. The van der Waals surface area contributed by atoms with Gasteiger partial charge in [-0.3, -0.25) is 9.36 Å². The molecule has 2 aromatic heterocycles. The number of thioether (sulfide) groups is 1. The molecule has 5 rings (SSSR count). The van der Waals surface area contributed by atoms with Gasteiger partial charge in [-0.1, -0.05) is 23.9 Å². The van der Waals surface area contributed by atoms with Crippen LogP contribution in [0, 0.1) is 0 Å². The predicted molar refractivity (Wildman–Crippen MR) is 142 cm³/mol. The van der Waals surface area contributed by atoms with E-state index < -0.39 is 5.97 Å². The Balaban J connectivity index is 1.61. The van der Waals surface area contributed by atoms with E-state index in [-0.39, 0.29) is 11.1 Å². The number of methoxy groups -OCH3 is 2. The van der Waals surface area contributed by atoms with Crippen molar-refractivity contribution in [2.24, 2.45) is 0 Å². The van der Waals surface area contributed by atoms with Crippen molar-refractivity contribution in [3.8, 4) is 17.2 Å². The number of imidazole rings is 1. The zero-order chi connectivity index (χ0) is 26.1. The van der Waals surface area contributed by atoms with Gasteiger partial charge in [0, 0.05) is 12.6 Å². The molecule has 0 unspecified atom stereocenters. The lowest BCUT2D eigenvalue weighted by molar-refractivity contribution is 0.0697. The molecule has 3 aromatic carbocycles. The molecule has 2 heterocycles. The number of rotatable bonds is 8. The van der Waals surface area contributed by atoms with Crippen molar-refractivity contribution in [3.63, 3.8) is 0 Å². The molecule has 1 N–H and O–H groups in total. The lowest BCUT2D eigenvalue weighted by atomic mass is 10.2. The van der Waals surface area contributed by atoms with E-state index in [2.05, 4.69) is 0 Å². The van der Waals surface area contributed by atoms with Gasteiger partial charge >= 0.3 is 5.97 Å². The molecule has 0 saturated carbocycles. The van der Waals surface area contributed by atoms with Crippen molar-refractivity contribution in [2.45, 2.75) is 24.4 Å². The molecule has 0 radical (unpaired) electrons. The molecule has 0 amide bonds. The average molecular weight is 517 g/mol. The second-order valence-corrected chi connectivity index (χ2v) is 9.10. The summed E-state index contributed by atoms with van der Waals surface area (Å²) in [5.41, 5.74) is 2.65. The van der Waals surface area contributed by atoms with Crippen LogP contribution in [0.15, 0.2) is 70.6 Å². The molecule has 0 saturated heterocycles. The van der Waals surface area contributed by atoms with E-state index in [1.165, 1.54) is 11.8 Å². The van der Waals surface area contributed by atoms with Crippen LogP contribution in [0.1, 0.15) is 23.1 Å². The van der Waals surface area contributed by atoms with Gasteiger partial charge in [0.05, 0.1) is 53.2 Å². The number of carboxylic acid groups (broad SMARTS) is 1. The summed E-state index contributed by atoms with van der Waals surface area (Å²) in [6, 6.07) is 17.4. The van der Waals surface area contributed by atoms with Crippen LogP contribution < -0.4 is 15.0 Å². The van der Waals surface area contributed by atoms with Crippen molar-refractivity contribution in [1.29, 1.82) is 0 Å². The van der Waals surface area contributed by atoms with Crippen LogP contribution in [0.3, 0.4) is 0 Å². The zero-order valence-electron chi connectivity index (χ0n) is 20.5. The van der Waals surface area contributed by atoms with Gasteiger partial charge in [0.2, 0.25) is 0 Å². The number of hydrogen-bond donors (Lipinski definition) is 1. The molecule has 9 nitrogen and oxygen atoms in total. The smallest absolute Gasteiger partial charge is 0.335 e. The van der Waals surface area contributed by atoms with Crippen LogP contribution in [0.4, 0.5) is 0 Å². The Bertz CT molecular complexity index is 1710. The van der Waals surface area contributed by atoms with Gasteiger partial charge in [-0.05, 0) is 49.4 Å². The summed E-state index contributed by atoms with van der Waals surface area (Å²) in [6.45, 7) is 2.67. The Kier molecular flexibility index (Phi) is 6.58. The molecule has 0 aliphatic carbocycles. The lowest BCUT2D eigenvalue weighted by Gasteiger charge is -2.15. The molecule has 0 aliphatic rings. The highest BCUT2D eigenvalue weighted by atomic mass is 32.2. The number of carbonyl (C=O) groups is 1. The molecule has 0 bridgehead atoms. The van der Waals surface area contributed by atoms with Crippen molar-refractivity contribution < 1.29 is 19.4 Å². The summed E-state index contributed by atoms with van der Waals surface area (Å²) >= 11 is 1.38. The number of aromatic nitrogens is 4. The first kappa shape index (κ1) is 24.4. The fourth-order valence-corrected chi connectivity index (χ4v) is 5.26. The predicted octanol–water partition coefficient (Wildman–Crippen LogP) is 4.76. The first-order valence-electron chi connectivity index (χ1n) is 11.5. The van der Waals surface area contributed by atoms with E-state index in [9.17, 15) is 14.7 Å². The summed E-state index contributed by atoms with van der Waals surface area (Å²) in [4.78, 5) is 34.6. The van der Waals surface area contributed by atoms with Gasteiger partial charge in [0.25, 0.3) is 5.56 Å². The summed E-state index contributed by atoms with van der Waals surface area (Å²) in [6.07, 6.45) is 0. The molecule has 0 aliphatic heterocycles. The van der Waals surface area contributed by atoms with Gasteiger partial charge < -0.3 is 19.1 Å². The molecule has 10 heteroatoms. The number of fused-ring (bicyclic) bond motifs is 2. The van der Waals surface area contributed by atoms with Gasteiger partial charge in [-0.25, -0.2) is 14.8 Å². The number of hydrogen-bond acceptors (Lipinski definition) is 7. The summed E-state index contributed by atoms with van der Waals surface area (Å²) < 4.78 is 14.4. The minimum atomic E-state index is -0.997. The Labute approximate surface area is 216 Å². The number of ether oxygens (including phenoxy) is 2. The first-order valence-corrected chi connectivity index (χ1v) is 12.5. The average Bonchev–Trinajstić information content (AvgIpc) is 3.28. The van der Waals surface area contributed by atoms with Gasteiger partial charge in [-0.15, -0.1) is 0 Å². The topological polar surface area (TPSA) is 108 Å². The van der Waals surface area contributed by atoms with Crippen LogP contribution in [-0.4, -0.2) is 44.4 Å². The minimum Gasteiger partial charge on any atom is -0.493 e. The normalized spacial score (nSPS) is 11.2. The Morgan fingerprint density at radius 1 is 0.973 bits per heavy atom. The molecule has 0 atom stereocenters. The van der Waals surface area contributed by atoms with E-state index in [1.807, 2.05) is 29.7 Å². The second kappa shape index (κ2) is 9.98. The Morgan fingerprint density at radius 3 is 2.49 bits per heavy atom. The van der Waals surface area contributed by atoms with E-state index in [4.69, 9.17) is 19.4 Å². The quantitative estimate of drug-likeness (QED) is 0.232. The maximum Gasteiger partial charge on any atom is 0.335 e. The fourth-order valence-electron chi connectivity index (χ4n) is 4.31. The maximum absolute atomic E-state index is 13.6. The number of para-hydroxylation sites is 1. The van der Waals surface area contributed by atoms with E-state index in [1.54, 1.807) is 61.3 Å². The van der Waals surface area contributed by atoms with E-state index >= 15 is 0 Å². The number of benzene rings is 3.